The number of carbonyl (C=O) groups is 2. The van der Waals surface area contributed by atoms with Gasteiger partial charge in [-0.2, -0.15) is 0 Å². The van der Waals surface area contributed by atoms with E-state index in [0.717, 1.165) is 15.8 Å². The fraction of sp³-hybridized carbons (Fsp3) is 0.105. The molecule has 0 amide bonds. The Labute approximate surface area is 153 Å². The second-order valence-corrected chi connectivity index (χ2v) is 6.51. The van der Waals surface area contributed by atoms with E-state index in [2.05, 4.69) is 4.98 Å². The Kier molecular flexibility index (Phi) is 5.28. The number of thiazole rings is 1. The molecule has 7 heteroatoms. The van der Waals surface area contributed by atoms with E-state index in [9.17, 15) is 14.7 Å². The lowest BCUT2D eigenvalue weighted by molar-refractivity contribution is -0.139. The highest BCUT2D eigenvalue weighted by Crippen LogP contribution is 2.30. The molecule has 1 aromatic heterocycles. The van der Waals surface area contributed by atoms with Crippen LogP contribution in [0.2, 0.25) is 0 Å². The van der Waals surface area contributed by atoms with Crippen molar-refractivity contribution in [2.45, 2.75) is 6.42 Å². The Morgan fingerprint density at radius 3 is 2.42 bits per heavy atom. The molecular weight excluding hydrogens is 354 g/mol. The Bertz CT molecular complexity index is 942. The molecule has 2 aromatic carbocycles. The molecule has 6 nitrogen and oxygen atoms in total. The molecule has 132 valence electrons. The van der Waals surface area contributed by atoms with Gasteiger partial charge in [-0.15, -0.1) is 11.3 Å². The van der Waals surface area contributed by atoms with Crippen LogP contribution in [0.25, 0.3) is 21.9 Å². The van der Waals surface area contributed by atoms with E-state index in [0.29, 0.717) is 16.3 Å². The number of para-hydroxylation sites is 1. The smallest absolute Gasteiger partial charge is 0.341 e. The summed E-state index contributed by atoms with van der Waals surface area (Å²) in [5.74, 6) is -1.55. The number of carboxylic acid groups (broad SMARTS) is 2. The summed E-state index contributed by atoms with van der Waals surface area (Å²) >= 11 is 1.45. The number of aromatic nitrogens is 1. The monoisotopic (exact) mass is 369 g/mol. The van der Waals surface area contributed by atoms with Crippen molar-refractivity contribution >= 4 is 45.1 Å². The zero-order valence-electron chi connectivity index (χ0n) is 13.6. The lowest BCUT2D eigenvalue weighted by Crippen LogP contribution is -2.09. The van der Waals surface area contributed by atoms with Gasteiger partial charge in [-0.05, 0) is 41.5 Å². The first-order valence-corrected chi connectivity index (χ1v) is 8.56. The second-order valence-electron chi connectivity index (χ2n) is 5.48. The van der Waals surface area contributed by atoms with Crippen molar-refractivity contribution in [1.82, 2.24) is 4.98 Å². The number of hydrogen-bond acceptors (Lipinski definition) is 5. The molecule has 0 atom stereocenters. The fourth-order valence-corrected chi connectivity index (χ4v) is 3.35. The topological polar surface area (TPSA) is 96.7 Å². The number of fused-ring (bicyclic) bond motifs is 1. The predicted octanol–water partition coefficient (Wildman–Crippen LogP) is 3.78. The SMILES string of the molecule is O=C(O)COc1ccc(C=C(CC(=O)O)c2nc3ccccc3s2)cc1. The van der Waals surface area contributed by atoms with E-state index in [-0.39, 0.29) is 6.42 Å². The van der Waals surface area contributed by atoms with Crippen molar-refractivity contribution in [3.8, 4) is 5.75 Å². The molecule has 0 unspecified atom stereocenters. The number of carboxylic acids is 2. The summed E-state index contributed by atoms with van der Waals surface area (Å²) in [6.45, 7) is -0.412. The van der Waals surface area contributed by atoms with Crippen LogP contribution >= 0.6 is 11.3 Å². The highest BCUT2D eigenvalue weighted by atomic mass is 32.1. The summed E-state index contributed by atoms with van der Waals surface area (Å²) in [5.41, 5.74) is 2.22. The maximum atomic E-state index is 11.3. The van der Waals surface area contributed by atoms with E-state index in [1.165, 1.54) is 11.3 Å². The number of aliphatic carboxylic acids is 2. The third-order valence-electron chi connectivity index (χ3n) is 3.49. The van der Waals surface area contributed by atoms with Crippen LogP contribution in [0.3, 0.4) is 0 Å². The number of rotatable bonds is 7. The first kappa shape index (κ1) is 17.6. The second kappa shape index (κ2) is 7.79. The summed E-state index contributed by atoms with van der Waals surface area (Å²) in [4.78, 5) is 26.3. The van der Waals surface area contributed by atoms with Crippen molar-refractivity contribution in [3.63, 3.8) is 0 Å². The average molecular weight is 369 g/mol. The molecule has 0 saturated heterocycles. The largest absolute Gasteiger partial charge is 0.482 e. The van der Waals surface area contributed by atoms with Crippen LogP contribution in [0.5, 0.6) is 5.75 Å². The molecule has 26 heavy (non-hydrogen) atoms. The van der Waals surface area contributed by atoms with Crippen molar-refractivity contribution in [1.29, 1.82) is 0 Å². The quantitative estimate of drug-likeness (QED) is 0.658. The van der Waals surface area contributed by atoms with Crippen molar-refractivity contribution in [2.24, 2.45) is 0 Å². The molecule has 3 rings (SSSR count). The van der Waals surface area contributed by atoms with Crippen molar-refractivity contribution in [3.05, 3.63) is 59.1 Å². The lowest BCUT2D eigenvalue weighted by atomic mass is 10.1. The molecule has 3 aromatic rings. The Hall–Kier alpha value is -3.19. The lowest BCUT2D eigenvalue weighted by Gasteiger charge is -2.04. The van der Waals surface area contributed by atoms with Gasteiger partial charge in [0.2, 0.25) is 0 Å². The number of benzene rings is 2. The highest BCUT2D eigenvalue weighted by molar-refractivity contribution is 7.19. The zero-order valence-corrected chi connectivity index (χ0v) is 14.4. The molecule has 0 fully saturated rings. The van der Waals surface area contributed by atoms with Gasteiger partial charge in [0.25, 0.3) is 0 Å². The minimum Gasteiger partial charge on any atom is -0.482 e. The third-order valence-corrected chi connectivity index (χ3v) is 4.61. The van der Waals surface area contributed by atoms with Gasteiger partial charge in [-0.25, -0.2) is 9.78 Å². The predicted molar refractivity (Wildman–Crippen MR) is 99.3 cm³/mol. The molecular formula is C19H15NO5S. The number of nitrogens with zero attached hydrogens (tertiary/aromatic N) is 1. The number of ether oxygens (including phenoxy) is 1. The highest BCUT2D eigenvalue weighted by Gasteiger charge is 2.12. The number of hydrogen-bond donors (Lipinski definition) is 2. The third kappa shape index (κ3) is 4.46. The van der Waals surface area contributed by atoms with E-state index in [1.54, 1.807) is 30.3 Å². The van der Waals surface area contributed by atoms with Gasteiger partial charge >= 0.3 is 11.9 Å². The van der Waals surface area contributed by atoms with Crippen LogP contribution in [-0.4, -0.2) is 33.7 Å². The Morgan fingerprint density at radius 2 is 1.77 bits per heavy atom. The molecule has 0 radical (unpaired) electrons. The Balaban J connectivity index is 1.89. The van der Waals surface area contributed by atoms with Gasteiger partial charge in [0.1, 0.15) is 10.8 Å². The molecule has 0 aliphatic carbocycles. The van der Waals surface area contributed by atoms with E-state index < -0.39 is 18.5 Å². The molecule has 0 aliphatic rings. The fourth-order valence-electron chi connectivity index (χ4n) is 2.37. The minimum absolute atomic E-state index is 0.142. The summed E-state index contributed by atoms with van der Waals surface area (Å²) in [5, 5.41) is 18.5. The van der Waals surface area contributed by atoms with Crippen LogP contribution < -0.4 is 4.74 Å². The summed E-state index contributed by atoms with van der Waals surface area (Å²) < 4.78 is 6.09. The summed E-state index contributed by atoms with van der Waals surface area (Å²) in [6.07, 6.45) is 1.63. The minimum atomic E-state index is -1.05. The zero-order chi connectivity index (χ0) is 18.5. The summed E-state index contributed by atoms with van der Waals surface area (Å²) in [7, 11) is 0. The molecule has 0 bridgehead atoms. The van der Waals surface area contributed by atoms with Gasteiger partial charge < -0.3 is 14.9 Å². The van der Waals surface area contributed by atoms with Crippen LogP contribution in [0.15, 0.2) is 48.5 Å². The van der Waals surface area contributed by atoms with Gasteiger partial charge in [0.15, 0.2) is 6.61 Å². The molecule has 2 N–H and O–H groups in total. The first-order valence-electron chi connectivity index (χ1n) is 7.74. The maximum absolute atomic E-state index is 11.3. The summed E-state index contributed by atoms with van der Waals surface area (Å²) in [6, 6.07) is 14.4. The maximum Gasteiger partial charge on any atom is 0.341 e. The van der Waals surface area contributed by atoms with Gasteiger partial charge in [-0.1, -0.05) is 24.3 Å². The van der Waals surface area contributed by atoms with Crippen LogP contribution in [0.4, 0.5) is 0 Å². The van der Waals surface area contributed by atoms with Crippen molar-refractivity contribution < 1.29 is 24.5 Å². The molecule has 0 spiro atoms. The van der Waals surface area contributed by atoms with Gasteiger partial charge in [0.05, 0.1) is 16.6 Å². The van der Waals surface area contributed by atoms with Crippen molar-refractivity contribution in [2.75, 3.05) is 6.61 Å². The van der Waals surface area contributed by atoms with Crippen LogP contribution in [0.1, 0.15) is 17.0 Å². The van der Waals surface area contributed by atoms with E-state index in [4.69, 9.17) is 9.84 Å². The van der Waals surface area contributed by atoms with Crippen LogP contribution in [0, 0.1) is 0 Å². The Morgan fingerprint density at radius 1 is 1.04 bits per heavy atom. The van der Waals surface area contributed by atoms with Gasteiger partial charge in [-0.3, -0.25) is 4.79 Å². The molecule has 0 saturated carbocycles. The molecule has 1 heterocycles. The van der Waals surface area contributed by atoms with E-state index >= 15 is 0 Å². The molecule has 0 aliphatic heterocycles. The first-order chi connectivity index (χ1) is 12.5. The van der Waals surface area contributed by atoms with Gasteiger partial charge in [0, 0.05) is 0 Å². The standard InChI is InChI=1S/C19H15NO5S/c21-17(22)10-13(19-20-15-3-1-2-4-16(15)26-19)9-12-5-7-14(8-6-12)25-11-18(23)24/h1-9H,10-11H2,(H,21,22)(H,23,24). The van der Waals surface area contributed by atoms with Crippen LogP contribution in [-0.2, 0) is 9.59 Å². The normalized spacial score (nSPS) is 11.5. The average Bonchev–Trinajstić information content (AvgIpc) is 3.04. The van der Waals surface area contributed by atoms with E-state index in [1.807, 2.05) is 24.3 Å².